The maximum absolute atomic E-state index is 12.8. The van der Waals surface area contributed by atoms with Crippen molar-refractivity contribution in [1.29, 1.82) is 0 Å². The lowest BCUT2D eigenvalue weighted by Crippen LogP contribution is -3.00. The van der Waals surface area contributed by atoms with Gasteiger partial charge in [0.25, 0.3) is 0 Å². The molecule has 4 rings (SSSR count). The monoisotopic (exact) mass is 868 g/mol. The van der Waals surface area contributed by atoms with Crippen LogP contribution >= 0.6 is 0 Å². The standard InChI is InChI=1S/C40H74N2O8.2BrH/c1-29(2)39(47,31(5)43)37(45)49-27-33-19-25-41(23-15-17-35(33)41)21-13-11-9-7-8-10-12-14-22-42-24-16-18-36(42)34(20-26-42)28-50-38(46)40(48,30(3)4)32(6)44;;/h29-36,43-44,47-48H,7-28H2,1-6H3;2*1H/q+2;;/p-2. The molecule has 0 bridgehead atoms. The van der Waals surface area contributed by atoms with E-state index in [4.69, 9.17) is 9.47 Å². The van der Waals surface area contributed by atoms with Gasteiger partial charge in [-0.3, -0.25) is 0 Å². The first-order valence-electron chi connectivity index (χ1n) is 20.5. The summed E-state index contributed by atoms with van der Waals surface area (Å²) in [6, 6.07) is 1.09. The third kappa shape index (κ3) is 10.3. The molecule has 0 aromatic carbocycles. The van der Waals surface area contributed by atoms with Gasteiger partial charge in [0.15, 0.2) is 11.2 Å². The molecule has 10 nitrogen and oxygen atoms in total. The molecule has 10 atom stereocenters. The van der Waals surface area contributed by atoms with Crippen molar-refractivity contribution in [3.05, 3.63) is 0 Å². The number of aliphatic hydroxyl groups is 4. The van der Waals surface area contributed by atoms with Crippen LogP contribution < -0.4 is 34.0 Å². The number of rotatable bonds is 21. The van der Waals surface area contributed by atoms with Crippen LogP contribution in [-0.2, 0) is 19.1 Å². The van der Waals surface area contributed by atoms with Gasteiger partial charge < -0.3 is 72.8 Å². The fourth-order valence-corrected chi connectivity index (χ4v) is 10.7. The molecule has 4 aliphatic rings. The smallest absolute Gasteiger partial charge is 0.341 e. The maximum atomic E-state index is 12.8. The summed E-state index contributed by atoms with van der Waals surface area (Å²) in [5.41, 5.74) is -3.72. The third-order valence-corrected chi connectivity index (χ3v) is 14.1. The molecule has 52 heavy (non-hydrogen) atoms. The Bertz CT molecular complexity index is 1010. The number of unbranched alkanes of at least 4 members (excludes halogenated alkanes) is 7. The Labute approximate surface area is 336 Å². The van der Waals surface area contributed by atoms with E-state index >= 15 is 0 Å². The Balaban J connectivity index is 0.00000468. The van der Waals surface area contributed by atoms with E-state index in [1.165, 1.54) is 126 Å². The van der Waals surface area contributed by atoms with E-state index in [-0.39, 0.29) is 34.0 Å². The zero-order chi connectivity index (χ0) is 36.7. The van der Waals surface area contributed by atoms with E-state index in [1.807, 2.05) is 0 Å². The van der Waals surface area contributed by atoms with Crippen LogP contribution in [0.1, 0.15) is 131 Å². The zero-order valence-electron chi connectivity index (χ0n) is 33.2. The van der Waals surface area contributed by atoms with Crippen LogP contribution in [0.5, 0.6) is 0 Å². The summed E-state index contributed by atoms with van der Waals surface area (Å²) in [5.74, 6) is -1.55. The van der Waals surface area contributed by atoms with Crippen molar-refractivity contribution >= 4 is 11.9 Å². The van der Waals surface area contributed by atoms with E-state index in [0.717, 1.165) is 25.9 Å². The first kappa shape index (κ1) is 47.8. The van der Waals surface area contributed by atoms with E-state index in [0.29, 0.717) is 37.1 Å². The van der Waals surface area contributed by atoms with Crippen molar-refractivity contribution in [2.24, 2.45) is 23.7 Å². The summed E-state index contributed by atoms with van der Waals surface area (Å²) in [4.78, 5) is 25.6. The Morgan fingerprint density at radius 3 is 1.21 bits per heavy atom. The van der Waals surface area contributed by atoms with Gasteiger partial charge in [-0.2, -0.15) is 0 Å². The Hall–Kier alpha value is -0.340. The summed E-state index contributed by atoms with van der Waals surface area (Å²) >= 11 is 0. The normalized spacial score (nSPS) is 31.5. The van der Waals surface area contributed by atoms with Gasteiger partial charge >= 0.3 is 11.9 Å². The number of hydrogen-bond donors (Lipinski definition) is 4. The number of nitrogens with zero attached hydrogens (tertiary/aromatic N) is 2. The summed E-state index contributed by atoms with van der Waals surface area (Å²) in [7, 11) is 0. The van der Waals surface area contributed by atoms with Gasteiger partial charge in [-0.15, -0.1) is 0 Å². The molecule has 0 radical (unpaired) electrons. The molecular formula is C40H74Br2N2O8. The molecule has 0 aliphatic carbocycles. The second kappa shape index (κ2) is 20.7. The van der Waals surface area contributed by atoms with Gasteiger partial charge in [0.2, 0.25) is 0 Å². The number of halogens is 2. The molecule has 4 saturated heterocycles. The van der Waals surface area contributed by atoms with Crippen molar-refractivity contribution in [3.8, 4) is 0 Å². The first-order valence-corrected chi connectivity index (χ1v) is 20.5. The van der Waals surface area contributed by atoms with Crippen LogP contribution in [0.2, 0.25) is 0 Å². The number of fused-ring (bicyclic) bond motifs is 2. The van der Waals surface area contributed by atoms with Gasteiger partial charge in [-0.05, 0) is 51.4 Å². The second-order valence-corrected chi connectivity index (χ2v) is 17.6. The minimum Gasteiger partial charge on any atom is -1.00 e. The predicted molar refractivity (Wildman–Crippen MR) is 194 cm³/mol. The molecule has 12 heteroatoms. The lowest BCUT2D eigenvalue weighted by atomic mass is 9.85. The number of esters is 2. The number of quaternary nitrogens is 2. The molecule has 10 unspecified atom stereocenters. The lowest BCUT2D eigenvalue weighted by Gasteiger charge is -2.36. The summed E-state index contributed by atoms with van der Waals surface area (Å²) < 4.78 is 13.7. The topological polar surface area (TPSA) is 134 Å². The molecule has 0 amide bonds. The largest absolute Gasteiger partial charge is 1.00 e. The zero-order valence-corrected chi connectivity index (χ0v) is 36.4. The highest BCUT2D eigenvalue weighted by Crippen LogP contribution is 2.42. The molecule has 0 aromatic rings. The van der Waals surface area contributed by atoms with Crippen LogP contribution in [0.25, 0.3) is 0 Å². The lowest BCUT2D eigenvalue weighted by molar-refractivity contribution is -0.929. The average Bonchev–Trinajstić information content (AvgIpc) is 3.83. The molecule has 4 fully saturated rings. The Morgan fingerprint density at radius 2 is 0.904 bits per heavy atom. The molecule has 4 N–H and O–H groups in total. The summed E-state index contributed by atoms with van der Waals surface area (Å²) in [5, 5.41) is 41.8. The molecule has 4 heterocycles. The first-order chi connectivity index (χ1) is 23.6. The van der Waals surface area contributed by atoms with Crippen LogP contribution in [0, 0.1) is 23.7 Å². The average molecular weight is 871 g/mol. The molecule has 4 aliphatic heterocycles. The SMILES string of the molecule is CC(C)C(O)(C(=O)OCC1CC[N+]2(CCCCCCCCCC[N+]34CCCC3C(COC(=O)C(O)(C(C)C)C(C)O)CC4)CCCC12)C(C)O.[Br-].[Br-]. The highest BCUT2D eigenvalue weighted by Gasteiger charge is 2.54. The molecule has 0 aromatic heterocycles. The number of hydrogen-bond acceptors (Lipinski definition) is 8. The number of carbonyl (C=O) groups is 2. The van der Waals surface area contributed by atoms with E-state index in [1.54, 1.807) is 27.7 Å². The fourth-order valence-electron chi connectivity index (χ4n) is 10.7. The van der Waals surface area contributed by atoms with Gasteiger partial charge in [0.05, 0.1) is 75.4 Å². The number of aliphatic hydroxyl groups excluding tert-OH is 2. The molecular weight excluding hydrogens is 796 g/mol. The third-order valence-electron chi connectivity index (χ3n) is 14.1. The Kier molecular flexibility index (Phi) is 19.0. The molecule has 306 valence electrons. The van der Waals surface area contributed by atoms with Gasteiger partial charge in [-0.25, -0.2) is 9.59 Å². The van der Waals surface area contributed by atoms with Crippen molar-refractivity contribution in [2.75, 3.05) is 52.5 Å². The van der Waals surface area contributed by atoms with Crippen LogP contribution in [0.3, 0.4) is 0 Å². The predicted octanol–water partition coefficient (Wildman–Crippen LogP) is -1.26. The van der Waals surface area contributed by atoms with Gasteiger partial charge in [0, 0.05) is 38.5 Å². The van der Waals surface area contributed by atoms with E-state index in [9.17, 15) is 30.0 Å². The Morgan fingerprint density at radius 1 is 0.577 bits per heavy atom. The van der Waals surface area contributed by atoms with Gasteiger partial charge in [-0.1, -0.05) is 53.4 Å². The van der Waals surface area contributed by atoms with Crippen molar-refractivity contribution in [1.82, 2.24) is 0 Å². The number of ether oxygens (including phenoxy) is 2. The number of carbonyl (C=O) groups excluding carboxylic acids is 2. The quantitative estimate of drug-likeness (QED) is 0.0639. The van der Waals surface area contributed by atoms with Gasteiger partial charge in [0.1, 0.15) is 13.2 Å². The van der Waals surface area contributed by atoms with Crippen LogP contribution in [-0.4, -0.2) is 129 Å². The minimum absolute atomic E-state index is 0. The van der Waals surface area contributed by atoms with Crippen molar-refractivity contribution in [3.63, 3.8) is 0 Å². The van der Waals surface area contributed by atoms with Crippen LogP contribution in [0.4, 0.5) is 0 Å². The van der Waals surface area contributed by atoms with Crippen molar-refractivity contribution in [2.45, 2.75) is 167 Å². The highest BCUT2D eigenvalue weighted by atomic mass is 79.9. The molecule has 0 saturated carbocycles. The molecule has 0 spiro atoms. The second-order valence-electron chi connectivity index (χ2n) is 17.6. The highest BCUT2D eigenvalue weighted by molar-refractivity contribution is 5.81. The summed E-state index contributed by atoms with van der Waals surface area (Å²) in [6.07, 6.45) is 14.9. The van der Waals surface area contributed by atoms with E-state index < -0.39 is 47.2 Å². The summed E-state index contributed by atoms with van der Waals surface area (Å²) in [6.45, 7) is 17.8. The van der Waals surface area contributed by atoms with Crippen LogP contribution in [0.15, 0.2) is 0 Å². The maximum Gasteiger partial charge on any atom is 0.341 e. The minimum atomic E-state index is -1.86. The van der Waals surface area contributed by atoms with E-state index in [2.05, 4.69) is 0 Å². The van der Waals surface area contributed by atoms with Crippen molar-refractivity contribution < 1.29 is 82.4 Å². The fraction of sp³-hybridized carbons (Fsp3) is 0.950.